The van der Waals surface area contributed by atoms with Crippen molar-refractivity contribution < 1.29 is 4.79 Å². The average Bonchev–Trinajstić information content (AvgIpc) is 2.67. The molecule has 1 heterocycles. The van der Waals surface area contributed by atoms with Crippen molar-refractivity contribution in [2.75, 3.05) is 6.54 Å². The van der Waals surface area contributed by atoms with Crippen LogP contribution in [0.3, 0.4) is 0 Å². The standard InChI is InChI=1S/C12H21N3O/c1-9(13)6-11(16)15-8-12(2,3)10-4-5-14-7-10/h4-5,7,9,14H,6,8,13H2,1-3H3,(H,15,16). The second-order valence-corrected chi connectivity index (χ2v) is 4.94. The van der Waals surface area contributed by atoms with Crippen LogP contribution in [0.25, 0.3) is 0 Å². The second kappa shape index (κ2) is 5.16. The van der Waals surface area contributed by atoms with Crippen LogP contribution in [-0.2, 0) is 10.2 Å². The van der Waals surface area contributed by atoms with Crippen molar-refractivity contribution >= 4 is 5.91 Å². The maximum absolute atomic E-state index is 11.5. The van der Waals surface area contributed by atoms with E-state index in [-0.39, 0.29) is 17.4 Å². The number of carbonyl (C=O) groups excluding carboxylic acids is 1. The van der Waals surface area contributed by atoms with Crippen molar-refractivity contribution in [3.63, 3.8) is 0 Å². The van der Waals surface area contributed by atoms with Gasteiger partial charge in [0.2, 0.25) is 5.91 Å². The van der Waals surface area contributed by atoms with Gasteiger partial charge in [0, 0.05) is 36.8 Å². The van der Waals surface area contributed by atoms with Gasteiger partial charge in [0.05, 0.1) is 0 Å². The molecule has 0 bridgehead atoms. The normalized spacial score (nSPS) is 13.5. The van der Waals surface area contributed by atoms with E-state index < -0.39 is 0 Å². The number of hydrogen-bond donors (Lipinski definition) is 3. The average molecular weight is 223 g/mol. The summed E-state index contributed by atoms with van der Waals surface area (Å²) in [5, 5.41) is 2.91. The highest BCUT2D eigenvalue weighted by Gasteiger charge is 2.21. The molecule has 90 valence electrons. The molecule has 0 aliphatic carbocycles. The van der Waals surface area contributed by atoms with Gasteiger partial charge in [-0.15, -0.1) is 0 Å². The maximum Gasteiger partial charge on any atom is 0.221 e. The summed E-state index contributed by atoms with van der Waals surface area (Å²) < 4.78 is 0. The van der Waals surface area contributed by atoms with E-state index >= 15 is 0 Å². The molecule has 0 aliphatic rings. The van der Waals surface area contributed by atoms with Crippen LogP contribution < -0.4 is 11.1 Å². The molecule has 0 saturated heterocycles. The smallest absolute Gasteiger partial charge is 0.221 e. The van der Waals surface area contributed by atoms with E-state index in [0.717, 1.165) is 0 Å². The van der Waals surface area contributed by atoms with Crippen molar-refractivity contribution in [1.82, 2.24) is 10.3 Å². The van der Waals surface area contributed by atoms with E-state index in [4.69, 9.17) is 5.73 Å². The summed E-state index contributed by atoms with van der Waals surface area (Å²) in [6.45, 7) is 6.65. The first-order valence-electron chi connectivity index (χ1n) is 5.57. The summed E-state index contributed by atoms with van der Waals surface area (Å²) in [7, 11) is 0. The predicted octanol–water partition coefficient (Wildman–Crippen LogP) is 1.15. The first-order valence-corrected chi connectivity index (χ1v) is 5.57. The summed E-state index contributed by atoms with van der Waals surface area (Å²) in [4.78, 5) is 14.5. The molecule has 16 heavy (non-hydrogen) atoms. The zero-order valence-electron chi connectivity index (χ0n) is 10.2. The number of amides is 1. The molecule has 0 spiro atoms. The first-order chi connectivity index (χ1) is 7.42. The number of nitrogens with two attached hydrogens (primary N) is 1. The minimum atomic E-state index is -0.0876. The lowest BCUT2D eigenvalue weighted by Gasteiger charge is -2.24. The lowest BCUT2D eigenvalue weighted by molar-refractivity contribution is -0.121. The molecule has 4 heteroatoms. The highest BCUT2D eigenvalue weighted by molar-refractivity contribution is 5.76. The molecule has 0 saturated carbocycles. The molecule has 0 fully saturated rings. The van der Waals surface area contributed by atoms with E-state index in [1.54, 1.807) is 0 Å². The van der Waals surface area contributed by atoms with Gasteiger partial charge < -0.3 is 16.0 Å². The van der Waals surface area contributed by atoms with Crippen LogP contribution >= 0.6 is 0 Å². The molecule has 0 aromatic carbocycles. The van der Waals surface area contributed by atoms with Crippen LogP contribution in [0.1, 0.15) is 32.8 Å². The molecular formula is C12H21N3O. The minimum absolute atomic E-state index is 0.0126. The number of carbonyl (C=O) groups is 1. The summed E-state index contributed by atoms with van der Waals surface area (Å²) in [6, 6.07) is 1.94. The molecule has 4 N–H and O–H groups in total. The van der Waals surface area contributed by atoms with Crippen LogP contribution in [0.2, 0.25) is 0 Å². The van der Waals surface area contributed by atoms with E-state index in [0.29, 0.717) is 13.0 Å². The van der Waals surface area contributed by atoms with Crippen LogP contribution in [0.4, 0.5) is 0 Å². The van der Waals surface area contributed by atoms with Crippen LogP contribution in [-0.4, -0.2) is 23.5 Å². The third-order valence-electron chi connectivity index (χ3n) is 2.61. The van der Waals surface area contributed by atoms with Crippen molar-refractivity contribution in [2.45, 2.75) is 38.6 Å². The SMILES string of the molecule is CC(N)CC(=O)NCC(C)(C)c1cc[nH]c1. The van der Waals surface area contributed by atoms with Gasteiger partial charge in [0.25, 0.3) is 0 Å². The molecule has 0 aliphatic heterocycles. The van der Waals surface area contributed by atoms with Crippen molar-refractivity contribution in [1.29, 1.82) is 0 Å². The van der Waals surface area contributed by atoms with E-state index in [1.165, 1.54) is 5.56 Å². The third kappa shape index (κ3) is 3.70. The van der Waals surface area contributed by atoms with E-state index in [2.05, 4.69) is 24.1 Å². The van der Waals surface area contributed by atoms with Gasteiger partial charge in [-0.25, -0.2) is 0 Å². The number of aromatic amines is 1. The monoisotopic (exact) mass is 223 g/mol. The molecule has 0 radical (unpaired) electrons. The van der Waals surface area contributed by atoms with Gasteiger partial charge in [-0.1, -0.05) is 13.8 Å². The highest BCUT2D eigenvalue weighted by atomic mass is 16.1. The molecule has 1 rings (SSSR count). The number of aromatic nitrogens is 1. The molecule has 4 nitrogen and oxygen atoms in total. The van der Waals surface area contributed by atoms with Crippen LogP contribution in [0.5, 0.6) is 0 Å². The highest BCUT2D eigenvalue weighted by Crippen LogP contribution is 2.21. The zero-order valence-corrected chi connectivity index (χ0v) is 10.2. The van der Waals surface area contributed by atoms with E-state index in [1.807, 2.05) is 25.4 Å². The Kier molecular flexibility index (Phi) is 4.12. The van der Waals surface area contributed by atoms with Crippen LogP contribution in [0, 0.1) is 0 Å². The van der Waals surface area contributed by atoms with Gasteiger partial charge in [0.15, 0.2) is 0 Å². The Balaban J connectivity index is 2.45. The lowest BCUT2D eigenvalue weighted by atomic mass is 9.86. The summed E-state index contributed by atoms with van der Waals surface area (Å²) in [5.74, 6) is 0.0126. The Bertz CT molecular complexity index is 328. The fraction of sp³-hybridized carbons (Fsp3) is 0.583. The minimum Gasteiger partial charge on any atom is -0.367 e. The fourth-order valence-corrected chi connectivity index (χ4v) is 1.53. The quantitative estimate of drug-likeness (QED) is 0.700. The number of nitrogens with one attached hydrogen (secondary N) is 2. The number of rotatable bonds is 5. The number of H-pyrrole nitrogens is 1. The van der Waals surface area contributed by atoms with Crippen molar-refractivity contribution in [3.05, 3.63) is 24.0 Å². The maximum atomic E-state index is 11.5. The molecule has 1 amide bonds. The first kappa shape index (κ1) is 12.8. The molecule has 1 aromatic heterocycles. The van der Waals surface area contributed by atoms with Gasteiger partial charge in [-0.05, 0) is 18.6 Å². The summed E-state index contributed by atoms with van der Waals surface area (Å²) in [5.41, 5.74) is 6.69. The van der Waals surface area contributed by atoms with Crippen molar-refractivity contribution in [3.8, 4) is 0 Å². The largest absolute Gasteiger partial charge is 0.367 e. The Morgan fingerprint density at radius 1 is 1.62 bits per heavy atom. The Labute approximate surface area is 96.6 Å². The lowest BCUT2D eigenvalue weighted by Crippen LogP contribution is -2.38. The summed E-state index contributed by atoms with van der Waals surface area (Å²) in [6.07, 6.45) is 4.22. The molecule has 1 aromatic rings. The second-order valence-electron chi connectivity index (χ2n) is 4.94. The van der Waals surface area contributed by atoms with Gasteiger partial charge >= 0.3 is 0 Å². The van der Waals surface area contributed by atoms with E-state index in [9.17, 15) is 4.79 Å². The Morgan fingerprint density at radius 3 is 2.81 bits per heavy atom. The summed E-state index contributed by atoms with van der Waals surface area (Å²) >= 11 is 0. The van der Waals surface area contributed by atoms with Gasteiger partial charge in [-0.2, -0.15) is 0 Å². The zero-order chi connectivity index (χ0) is 12.2. The third-order valence-corrected chi connectivity index (χ3v) is 2.61. The predicted molar refractivity (Wildman–Crippen MR) is 65.1 cm³/mol. The topological polar surface area (TPSA) is 70.9 Å². The molecule has 1 atom stereocenters. The molecule has 1 unspecified atom stereocenters. The van der Waals surface area contributed by atoms with Crippen LogP contribution in [0.15, 0.2) is 18.5 Å². The molecular weight excluding hydrogens is 202 g/mol. The van der Waals surface area contributed by atoms with Gasteiger partial charge in [0.1, 0.15) is 0 Å². The number of hydrogen-bond acceptors (Lipinski definition) is 2. The fourth-order valence-electron chi connectivity index (χ4n) is 1.53. The van der Waals surface area contributed by atoms with Crippen molar-refractivity contribution in [2.24, 2.45) is 5.73 Å². The Morgan fingerprint density at radius 2 is 2.31 bits per heavy atom. The Hall–Kier alpha value is -1.29. The van der Waals surface area contributed by atoms with Gasteiger partial charge in [-0.3, -0.25) is 4.79 Å².